The van der Waals surface area contributed by atoms with Crippen molar-refractivity contribution in [1.29, 1.82) is 0 Å². The lowest BCUT2D eigenvalue weighted by molar-refractivity contribution is -0.135. The Morgan fingerprint density at radius 3 is 2.14 bits per heavy atom. The molecule has 0 radical (unpaired) electrons. The van der Waals surface area contributed by atoms with Gasteiger partial charge in [0, 0.05) is 38.5 Å². The second kappa shape index (κ2) is 8.29. The van der Waals surface area contributed by atoms with Gasteiger partial charge in [0.05, 0.1) is 27.2 Å². The molecule has 154 valence electrons. The predicted octanol–water partition coefficient (Wildman–Crippen LogP) is 2.14. The van der Waals surface area contributed by atoms with Crippen LogP contribution in [0.15, 0.2) is 12.1 Å². The molecule has 0 spiro atoms. The minimum Gasteiger partial charge on any atom is -0.493 e. The fourth-order valence-electron chi connectivity index (χ4n) is 3.91. The number of rotatable bonds is 7. The lowest BCUT2D eigenvalue weighted by Crippen LogP contribution is -2.37. The van der Waals surface area contributed by atoms with Crippen molar-refractivity contribution >= 4 is 11.8 Å². The van der Waals surface area contributed by atoms with Crippen molar-refractivity contribution < 1.29 is 23.8 Å². The molecule has 2 aliphatic rings. The number of ether oxygens (including phenoxy) is 3. The van der Waals surface area contributed by atoms with E-state index < -0.39 is 0 Å². The summed E-state index contributed by atoms with van der Waals surface area (Å²) in [5.41, 5.74) is 0.920. The average molecular weight is 390 g/mol. The molecule has 7 nitrogen and oxygen atoms in total. The summed E-state index contributed by atoms with van der Waals surface area (Å²) in [4.78, 5) is 29.3. The Morgan fingerprint density at radius 2 is 1.68 bits per heavy atom. The second-order valence-corrected chi connectivity index (χ2v) is 7.54. The number of hydrogen-bond acceptors (Lipinski definition) is 5. The van der Waals surface area contributed by atoms with Gasteiger partial charge in [-0.1, -0.05) is 0 Å². The van der Waals surface area contributed by atoms with Gasteiger partial charge in [-0.05, 0) is 37.5 Å². The summed E-state index contributed by atoms with van der Waals surface area (Å²) in [7, 11) is 6.52. The monoisotopic (exact) mass is 390 g/mol. The Balaban J connectivity index is 1.98. The molecule has 1 aliphatic carbocycles. The van der Waals surface area contributed by atoms with Crippen molar-refractivity contribution in [3.8, 4) is 17.2 Å². The maximum atomic E-state index is 13.0. The number of nitrogens with zero attached hydrogens (tertiary/aromatic N) is 2. The molecular formula is C21H30N2O5. The molecule has 2 fully saturated rings. The summed E-state index contributed by atoms with van der Waals surface area (Å²) < 4.78 is 16.4. The first-order valence-electron chi connectivity index (χ1n) is 9.78. The van der Waals surface area contributed by atoms with E-state index in [0.717, 1.165) is 18.4 Å². The van der Waals surface area contributed by atoms with Crippen molar-refractivity contribution in [1.82, 2.24) is 9.80 Å². The van der Waals surface area contributed by atoms with Gasteiger partial charge >= 0.3 is 0 Å². The standard InChI is InChI=1S/C21H30N2O5/c1-6-22(2)21(25)16-12-23(20(24)13-7-8-13)11-15(16)14-9-17(26-3)19(28-5)18(10-14)27-4/h9-10,13,15-16H,6-8,11-12H2,1-5H3/t15-,16+/m1/s1. The highest BCUT2D eigenvalue weighted by Gasteiger charge is 2.44. The van der Waals surface area contributed by atoms with Crippen LogP contribution in [0.25, 0.3) is 0 Å². The van der Waals surface area contributed by atoms with E-state index in [2.05, 4.69) is 0 Å². The largest absolute Gasteiger partial charge is 0.493 e. The van der Waals surface area contributed by atoms with Crippen LogP contribution in [-0.2, 0) is 9.59 Å². The van der Waals surface area contributed by atoms with Crippen LogP contribution in [0.1, 0.15) is 31.2 Å². The van der Waals surface area contributed by atoms with Crippen LogP contribution in [0.4, 0.5) is 0 Å². The lowest BCUT2D eigenvalue weighted by Gasteiger charge is -2.24. The van der Waals surface area contributed by atoms with Crippen LogP contribution in [-0.4, -0.2) is 69.6 Å². The van der Waals surface area contributed by atoms with E-state index in [0.29, 0.717) is 36.9 Å². The molecule has 1 aromatic carbocycles. The summed E-state index contributed by atoms with van der Waals surface area (Å²) in [6.07, 6.45) is 1.91. The van der Waals surface area contributed by atoms with Gasteiger partial charge in [-0.15, -0.1) is 0 Å². The Morgan fingerprint density at radius 1 is 1.07 bits per heavy atom. The molecule has 0 N–H and O–H groups in total. The van der Waals surface area contributed by atoms with E-state index >= 15 is 0 Å². The van der Waals surface area contributed by atoms with Gasteiger partial charge in [0.25, 0.3) is 0 Å². The van der Waals surface area contributed by atoms with Gasteiger partial charge < -0.3 is 24.0 Å². The second-order valence-electron chi connectivity index (χ2n) is 7.54. The molecule has 1 heterocycles. The van der Waals surface area contributed by atoms with Gasteiger partial charge in [0.2, 0.25) is 17.6 Å². The molecule has 0 bridgehead atoms. The van der Waals surface area contributed by atoms with E-state index in [-0.39, 0.29) is 29.6 Å². The number of amides is 2. The van der Waals surface area contributed by atoms with Gasteiger partial charge in [-0.3, -0.25) is 9.59 Å². The summed E-state index contributed by atoms with van der Waals surface area (Å²) >= 11 is 0. The Bertz CT molecular complexity index is 721. The number of carbonyl (C=O) groups is 2. The smallest absolute Gasteiger partial charge is 0.227 e. The summed E-state index contributed by atoms with van der Waals surface area (Å²) in [5.74, 6) is 1.61. The van der Waals surface area contributed by atoms with Crippen molar-refractivity contribution in [2.45, 2.75) is 25.7 Å². The fraction of sp³-hybridized carbons (Fsp3) is 0.619. The molecule has 0 unspecified atom stereocenters. The number of hydrogen-bond donors (Lipinski definition) is 0. The van der Waals surface area contributed by atoms with Crippen molar-refractivity contribution in [2.24, 2.45) is 11.8 Å². The fourth-order valence-corrected chi connectivity index (χ4v) is 3.91. The van der Waals surface area contributed by atoms with Crippen molar-refractivity contribution in [3.05, 3.63) is 17.7 Å². The Hall–Kier alpha value is -2.44. The van der Waals surface area contributed by atoms with E-state index in [1.54, 1.807) is 33.3 Å². The molecule has 3 rings (SSSR count). The lowest BCUT2D eigenvalue weighted by atomic mass is 9.87. The van der Waals surface area contributed by atoms with E-state index in [9.17, 15) is 9.59 Å². The van der Waals surface area contributed by atoms with Crippen LogP contribution in [0, 0.1) is 11.8 Å². The maximum absolute atomic E-state index is 13.0. The number of benzene rings is 1. The molecular weight excluding hydrogens is 360 g/mol. The van der Waals surface area contributed by atoms with Gasteiger partial charge in [0.1, 0.15) is 0 Å². The molecule has 1 saturated carbocycles. The molecule has 2 atom stereocenters. The maximum Gasteiger partial charge on any atom is 0.227 e. The topological polar surface area (TPSA) is 68.3 Å². The summed E-state index contributed by atoms with van der Waals surface area (Å²) in [6.45, 7) is 3.57. The minimum absolute atomic E-state index is 0.0624. The third kappa shape index (κ3) is 3.75. The third-order valence-electron chi connectivity index (χ3n) is 5.84. The molecule has 2 amide bonds. The van der Waals surface area contributed by atoms with Gasteiger partial charge in [0.15, 0.2) is 11.5 Å². The normalized spacial score (nSPS) is 21.4. The number of carbonyl (C=O) groups excluding carboxylic acids is 2. The molecule has 28 heavy (non-hydrogen) atoms. The van der Waals surface area contributed by atoms with Crippen LogP contribution >= 0.6 is 0 Å². The van der Waals surface area contributed by atoms with Crippen LogP contribution in [0.5, 0.6) is 17.2 Å². The zero-order chi connectivity index (χ0) is 20.4. The quantitative estimate of drug-likeness (QED) is 0.714. The molecule has 1 saturated heterocycles. The Labute approximate surface area is 166 Å². The number of likely N-dealkylation sites (tertiary alicyclic amines) is 1. The predicted molar refractivity (Wildman–Crippen MR) is 105 cm³/mol. The highest BCUT2D eigenvalue weighted by atomic mass is 16.5. The zero-order valence-corrected chi connectivity index (χ0v) is 17.4. The minimum atomic E-state index is -0.282. The third-order valence-corrected chi connectivity index (χ3v) is 5.84. The molecule has 0 aromatic heterocycles. The number of methoxy groups -OCH3 is 3. The van der Waals surface area contributed by atoms with E-state index in [1.165, 1.54) is 0 Å². The zero-order valence-electron chi connectivity index (χ0n) is 17.4. The summed E-state index contributed by atoms with van der Waals surface area (Å²) in [6, 6.07) is 3.78. The Kier molecular flexibility index (Phi) is 6.01. The highest BCUT2D eigenvalue weighted by molar-refractivity contribution is 5.85. The van der Waals surface area contributed by atoms with Gasteiger partial charge in [-0.25, -0.2) is 0 Å². The highest BCUT2D eigenvalue weighted by Crippen LogP contribution is 2.44. The molecule has 7 heteroatoms. The molecule has 1 aliphatic heterocycles. The molecule has 1 aromatic rings. The van der Waals surface area contributed by atoms with Gasteiger partial charge in [-0.2, -0.15) is 0 Å². The van der Waals surface area contributed by atoms with Crippen LogP contribution in [0.3, 0.4) is 0 Å². The first-order valence-corrected chi connectivity index (χ1v) is 9.78. The van der Waals surface area contributed by atoms with Crippen LogP contribution in [0.2, 0.25) is 0 Å². The SMILES string of the molecule is CCN(C)C(=O)[C@H]1CN(C(=O)C2CC2)C[C@@H]1c1cc(OC)c(OC)c(OC)c1. The van der Waals surface area contributed by atoms with Crippen molar-refractivity contribution in [2.75, 3.05) is 48.0 Å². The first kappa shape index (κ1) is 20.3. The van der Waals surface area contributed by atoms with Crippen molar-refractivity contribution in [3.63, 3.8) is 0 Å². The summed E-state index contributed by atoms with van der Waals surface area (Å²) in [5, 5.41) is 0. The van der Waals surface area contributed by atoms with Crippen LogP contribution < -0.4 is 14.2 Å². The average Bonchev–Trinajstić information content (AvgIpc) is 3.48. The van der Waals surface area contributed by atoms with E-state index in [4.69, 9.17) is 14.2 Å². The first-order chi connectivity index (χ1) is 13.4. The van der Waals surface area contributed by atoms with E-state index in [1.807, 2.05) is 24.0 Å².